The van der Waals surface area contributed by atoms with Gasteiger partial charge in [-0.3, -0.25) is 0 Å². The Balaban J connectivity index is 1.45. The highest BCUT2D eigenvalue weighted by atomic mass is 32.2. The normalized spacial score (nSPS) is 15.4. The fraction of sp³-hybridized carbons (Fsp3) is 0.304. The molecule has 7 heteroatoms. The van der Waals surface area contributed by atoms with Crippen LogP contribution in [0.4, 0.5) is 5.82 Å². The molecule has 0 aliphatic carbocycles. The van der Waals surface area contributed by atoms with Crippen molar-refractivity contribution in [1.82, 2.24) is 14.5 Å². The first-order chi connectivity index (χ1) is 14.3. The van der Waals surface area contributed by atoms with E-state index in [-0.39, 0.29) is 0 Å². The maximum atomic E-state index is 13.1. The van der Waals surface area contributed by atoms with E-state index >= 15 is 0 Å². The molecule has 2 heterocycles. The van der Waals surface area contributed by atoms with E-state index in [0.717, 1.165) is 28.2 Å². The molecule has 0 N–H and O–H groups in total. The summed E-state index contributed by atoms with van der Waals surface area (Å²) in [6.45, 7) is 7.83. The van der Waals surface area contributed by atoms with E-state index in [4.69, 9.17) is 0 Å². The summed E-state index contributed by atoms with van der Waals surface area (Å²) in [5.74, 6) is 0.773. The van der Waals surface area contributed by atoms with Gasteiger partial charge in [0, 0.05) is 31.7 Å². The molecule has 2 aromatic carbocycles. The number of benzene rings is 2. The van der Waals surface area contributed by atoms with Crippen molar-refractivity contribution in [3.63, 3.8) is 0 Å². The summed E-state index contributed by atoms with van der Waals surface area (Å²) >= 11 is 0. The van der Waals surface area contributed by atoms with Crippen molar-refractivity contribution in [2.45, 2.75) is 25.7 Å². The van der Waals surface area contributed by atoms with Crippen LogP contribution >= 0.6 is 0 Å². The number of anilines is 1. The number of aryl methyl sites for hydroxylation is 3. The van der Waals surface area contributed by atoms with Crippen LogP contribution in [-0.4, -0.2) is 49.1 Å². The summed E-state index contributed by atoms with van der Waals surface area (Å²) in [5.41, 5.74) is 4.79. The molecular formula is C23H26N4O2S. The van der Waals surface area contributed by atoms with Gasteiger partial charge in [-0.2, -0.15) is 4.31 Å². The van der Waals surface area contributed by atoms with Crippen molar-refractivity contribution in [1.29, 1.82) is 0 Å². The van der Waals surface area contributed by atoms with Crippen LogP contribution in [0, 0.1) is 20.8 Å². The summed E-state index contributed by atoms with van der Waals surface area (Å²) in [4.78, 5) is 2.49. The molecule has 1 fully saturated rings. The monoisotopic (exact) mass is 422 g/mol. The van der Waals surface area contributed by atoms with Crippen LogP contribution in [0.5, 0.6) is 0 Å². The Labute approximate surface area is 178 Å². The lowest BCUT2D eigenvalue weighted by atomic mass is 10.1. The van der Waals surface area contributed by atoms with Crippen molar-refractivity contribution in [2.24, 2.45) is 0 Å². The molecule has 0 amide bonds. The Bertz CT molecular complexity index is 1130. The first kappa shape index (κ1) is 20.5. The topological polar surface area (TPSA) is 66.4 Å². The first-order valence-electron chi connectivity index (χ1n) is 10.1. The molecule has 0 atom stereocenters. The molecule has 0 unspecified atom stereocenters. The van der Waals surface area contributed by atoms with Gasteiger partial charge in [-0.15, -0.1) is 10.2 Å². The van der Waals surface area contributed by atoms with Crippen LogP contribution in [0.15, 0.2) is 59.5 Å². The van der Waals surface area contributed by atoms with Crippen LogP contribution in [0.2, 0.25) is 0 Å². The molecule has 3 aromatic rings. The molecule has 0 radical (unpaired) electrons. The molecule has 4 rings (SSSR count). The molecule has 1 aliphatic rings. The Morgan fingerprint density at radius 3 is 2.07 bits per heavy atom. The van der Waals surface area contributed by atoms with Gasteiger partial charge in [-0.25, -0.2) is 8.42 Å². The molecule has 1 saturated heterocycles. The highest BCUT2D eigenvalue weighted by molar-refractivity contribution is 7.89. The fourth-order valence-electron chi connectivity index (χ4n) is 3.65. The van der Waals surface area contributed by atoms with Gasteiger partial charge in [0.05, 0.1) is 10.6 Å². The van der Waals surface area contributed by atoms with Crippen LogP contribution in [-0.2, 0) is 10.0 Å². The molecule has 1 aliphatic heterocycles. The smallest absolute Gasteiger partial charge is 0.243 e. The summed E-state index contributed by atoms with van der Waals surface area (Å²) < 4.78 is 27.8. The van der Waals surface area contributed by atoms with Crippen molar-refractivity contribution >= 4 is 15.8 Å². The minimum atomic E-state index is -3.50. The Morgan fingerprint density at radius 1 is 0.767 bits per heavy atom. The van der Waals surface area contributed by atoms with Crippen LogP contribution < -0.4 is 4.90 Å². The second-order valence-electron chi connectivity index (χ2n) is 7.80. The highest BCUT2D eigenvalue weighted by Crippen LogP contribution is 2.24. The molecule has 156 valence electrons. The maximum Gasteiger partial charge on any atom is 0.243 e. The van der Waals surface area contributed by atoms with E-state index in [9.17, 15) is 8.42 Å². The van der Waals surface area contributed by atoms with Gasteiger partial charge in [0.15, 0.2) is 5.82 Å². The fourth-order valence-corrected chi connectivity index (χ4v) is 5.39. The summed E-state index contributed by atoms with van der Waals surface area (Å²) in [6, 6.07) is 17.7. The molecule has 30 heavy (non-hydrogen) atoms. The molecule has 0 saturated carbocycles. The molecular weight excluding hydrogens is 396 g/mol. The van der Waals surface area contributed by atoms with E-state index in [0.29, 0.717) is 31.1 Å². The largest absolute Gasteiger partial charge is 0.352 e. The van der Waals surface area contributed by atoms with Crippen LogP contribution in [0.25, 0.3) is 11.3 Å². The zero-order valence-electron chi connectivity index (χ0n) is 17.5. The van der Waals surface area contributed by atoms with E-state index in [2.05, 4.69) is 34.2 Å². The average molecular weight is 423 g/mol. The summed E-state index contributed by atoms with van der Waals surface area (Å²) in [6.07, 6.45) is 0. The minimum Gasteiger partial charge on any atom is -0.352 e. The van der Waals surface area contributed by atoms with E-state index in [1.807, 2.05) is 50.2 Å². The first-order valence-corrected chi connectivity index (χ1v) is 11.5. The Kier molecular flexibility index (Phi) is 5.58. The second-order valence-corrected chi connectivity index (χ2v) is 9.71. The number of piperazine rings is 1. The number of hydrogen-bond donors (Lipinski definition) is 0. The van der Waals surface area contributed by atoms with E-state index < -0.39 is 10.0 Å². The lowest BCUT2D eigenvalue weighted by Gasteiger charge is -2.34. The number of rotatable bonds is 4. The van der Waals surface area contributed by atoms with Gasteiger partial charge < -0.3 is 4.90 Å². The van der Waals surface area contributed by atoms with Crippen molar-refractivity contribution < 1.29 is 8.42 Å². The average Bonchev–Trinajstić information content (AvgIpc) is 2.76. The third kappa shape index (κ3) is 4.08. The number of nitrogens with zero attached hydrogens (tertiary/aromatic N) is 4. The third-order valence-corrected chi connectivity index (χ3v) is 7.56. The van der Waals surface area contributed by atoms with E-state index in [1.165, 1.54) is 5.56 Å². The minimum absolute atomic E-state index is 0.401. The number of hydrogen-bond acceptors (Lipinski definition) is 5. The van der Waals surface area contributed by atoms with Crippen LogP contribution in [0.1, 0.15) is 16.7 Å². The van der Waals surface area contributed by atoms with Gasteiger partial charge in [0.1, 0.15) is 0 Å². The molecule has 0 bridgehead atoms. The van der Waals surface area contributed by atoms with Gasteiger partial charge in [0.2, 0.25) is 10.0 Å². The van der Waals surface area contributed by atoms with Gasteiger partial charge in [-0.05, 0) is 50.1 Å². The lowest BCUT2D eigenvalue weighted by molar-refractivity contribution is 0.383. The maximum absolute atomic E-state index is 13.1. The predicted molar refractivity (Wildman–Crippen MR) is 119 cm³/mol. The number of aromatic nitrogens is 2. The van der Waals surface area contributed by atoms with Gasteiger partial charge >= 0.3 is 0 Å². The Hall–Kier alpha value is -2.77. The molecule has 6 nitrogen and oxygen atoms in total. The standard InChI is InChI=1S/C23H26N4O2S/c1-17-5-8-20(9-6-17)21-10-11-23(25-24-21)26-12-14-27(15-13-26)30(28,29)22-16-18(2)4-7-19(22)3/h4-11,16H,12-15H2,1-3H3. The van der Waals surface area contributed by atoms with Crippen molar-refractivity contribution in [3.05, 3.63) is 71.3 Å². The van der Waals surface area contributed by atoms with Crippen molar-refractivity contribution in [2.75, 3.05) is 31.1 Å². The Morgan fingerprint density at radius 2 is 1.43 bits per heavy atom. The quantitative estimate of drug-likeness (QED) is 0.643. The zero-order valence-corrected chi connectivity index (χ0v) is 18.4. The SMILES string of the molecule is Cc1ccc(-c2ccc(N3CCN(S(=O)(=O)c4cc(C)ccc4C)CC3)nn2)cc1. The lowest BCUT2D eigenvalue weighted by Crippen LogP contribution is -2.49. The third-order valence-electron chi connectivity index (χ3n) is 5.52. The van der Waals surface area contributed by atoms with Crippen molar-refractivity contribution in [3.8, 4) is 11.3 Å². The number of sulfonamides is 1. The van der Waals surface area contributed by atoms with Gasteiger partial charge in [0.25, 0.3) is 0 Å². The summed E-state index contributed by atoms with van der Waals surface area (Å²) in [7, 11) is -3.50. The molecule has 1 aromatic heterocycles. The highest BCUT2D eigenvalue weighted by Gasteiger charge is 2.30. The predicted octanol–water partition coefficient (Wildman–Crippen LogP) is 3.58. The summed E-state index contributed by atoms with van der Waals surface area (Å²) in [5, 5.41) is 8.75. The second kappa shape index (κ2) is 8.16. The van der Waals surface area contributed by atoms with Gasteiger partial charge in [-0.1, -0.05) is 42.0 Å². The zero-order chi connectivity index (χ0) is 21.3. The van der Waals surface area contributed by atoms with E-state index in [1.54, 1.807) is 10.4 Å². The van der Waals surface area contributed by atoms with Crippen LogP contribution in [0.3, 0.4) is 0 Å². The molecule has 0 spiro atoms.